The minimum atomic E-state index is -2.02. The number of ether oxygens (including phenoxy) is 6. The van der Waals surface area contributed by atoms with Gasteiger partial charge in [0.15, 0.2) is 25.0 Å². The van der Waals surface area contributed by atoms with E-state index in [1.807, 2.05) is 0 Å². The Morgan fingerprint density at radius 2 is 1.32 bits per heavy atom. The molecule has 5 aliphatic carbocycles. The van der Waals surface area contributed by atoms with Gasteiger partial charge in [0.1, 0.15) is 61.0 Å². The molecule has 4 saturated carbocycles. The largest absolute Gasteiger partial charge is 0.481 e. The van der Waals surface area contributed by atoms with Crippen molar-refractivity contribution in [2.24, 2.45) is 50.2 Å². The van der Waals surface area contributed by atoms with Gasteiger partial charge >= 0.3 is 11.9 Å². The Morgan fingerprint density at radius 3 is 1.97 bits per heavy atom. The smallest absolute Gasteiger partial charge is 0.335 e. The molecule has 0 aromatic carbocycles. The number of fused-ring (bicyclic) bond motifs is 7. The van der Waals surface area contributed by atoms with Crippen molar-refractivity contribution in [3.05, 3.63) is 11.6 Å². The van der Waals surface area contributed by atoms with E-state index in [1.54, 1.807) is 0 Å². The van der Waals surface area contributed by atoms with E-state index in [0.29, 0.717) is 19.3 Å². The van der Waals surface area contributed by atoms with Crippen LogP contribution in [0.5, 0.6) is 0 Å². The summed E-state index contributed by atoms with van der Waals surface area (Å²) in [7, 11) is 0. The number of carboxylic acids is 2. The van der Waals surface area contributed by atoms with E-state index in [1.165, 1.54) is 12.5 Å². The number of hydrogen-bond donors (Lipinski definition) is 10. The molecule has 0 aromatic heterocycles. The number of rotatable bonds is 9. The van der Waals surface area contributed by atoms with E-state index in [4.69, 9.17) is 28.4 Å². The molecule has 0 radical (unpaired) electrons. The number of carboxylic acid groups (broad SMARTS) is 2. The average molecular weight is 941 g/mol. The third-order valence-electron chi connectivity index (χ3n) is 19.3. The standard InChI is InChI=1S/C48H76O18/c1-21-28(50)31(53)37(66-39-32(54)30(52)29(51)24(20-49)62-39)41(61-21)64-35-33(55)36(38(57)58)65-40(34(35)56)63-27-12-13-45(6)25(44(27,4)5)11-14-47(8)26(45)10-9-22-23-19-43(2,3)15-17-48(23,42(59)60)18-16-46(22,47)7/h9,21,23-37,39-41,49-56H,10-20H2,1-8H3,(H,57,58)(H,59,60)/t21-,23-,24+,25-,26+,27-,28-,29+,30-,31+,32+,33-,34+,35-,36-,37+,39-,40+,41-,45-,46+,47+,48-/m0/s1. The van der Waals surface area contributed by atoms with Gasteiger partial charge in [0.25, 0.3) is 0 Å². The van der Waals surface area contributed by atoms with Crippen LogP contribution in [0, 0.1) is 50.2 Å². The van der Waals surface area contributed by atoms with Crippen molar-refractivity contribution in [2.75, 3.05) is 6.61 Å². The van der Waals surface area contributed by atoms with Crippen LogP contribution < -0.4 is 0 Å². The molecule has 3 aliphatic heterocycles. The van der Waals surface area contributed by atoms with Crippen molar-refractivity contribution in [3.63, 3.8) is 0 Å². The molecular formula is C48H76O18. The van der Waals surface area contributed by atoms with Crippen LogP contribution in [0.2, 0.25) is 0 Å². The summed E-state index contributed by atoms with van der Waals surface area (Å²) in [6.45, 7) is 16.7. The molecule has 0 amide bonds. The van der Waals surface area contributed by atoms with Crippen LogP contribution in [0.15, 0.2) is 11.6 Å². The molecule has 8 aliphatic rings. The first kappa shape index (κ1) is 50.5. The van der Waals surface area contributed by atoms with E-state index in [2.05, 4.69) is 54.5 Å². The van der Waals surface area contributed by atoms with Crippen LogP contribution >= 0.6 is 0 Å². The van der Waals surface area contributed by atoms with Crippen molar-refractivity contribution < 1.29 is 89.1 Å². The van der Waals surface area contributed by atoms with Gasteiger partial charge < -0.3 is 79.5 Å². The van der Waals surface area contributed by atoms with E-state index < -0.39 is 128 Å². The van der Waals surface area contributed by atoms with Gasteiger partial charge in [-0.25, -0.2) is 4.79 Å². The Labute approximate surface area is 386 Å². The molecule has 3 heterocycles. The number of carbonyl (C=O) groups is 2. The highest BCUT2D eigenvalue weighted by atomic mass is 16.8. The second kappa shape index (κ2) is 17.5. The van der Waals surface area contributed by atoms with Gasteiger partial charge in [-0.2, -0.15) is 0 Å². The fourth-order valence-electron chi connectivity index (χ4n) is 15.1. The summed E-state index contributed by atoms with van der Waals surface area (Å²) in [4.78, 5) is 25.8. The number of hydrogen-bond acceptors (Lipinski definition) is 16. The maximum absolute atomic E-state index is 13.1. The first-order valence-corrected chi connectivity index (χ1v) is 24.2. The maximum Gasteiger partial charge on any atom is 0.335 e. The van der Waals surface area contributed by atoms with Gasteiger partial charge in [0.2, 0.25) is 0 Å². The molecule has 8 rings (SSSR count). The molecular weight excluding hydrogens is 865 g/mol. The molecule has 3 saturated heterocycles. The van der Waals surface area contributed by atoms with Crippen LogP contribution in [0.25, 0.3) is 0 Å². The van der Waals surface area contributed by atoms with Gasteiger partial charge in [-0.05, 0) is 116 Å². The SMILES string of the molecule is C[C@@H]1O[C@@H](O[C@@H]2[C@@H](O)[C@H](O[C@H]3CC[C@]4(C)[C@H]5CC=C6[C@@H]7CC(C)(C)CC[C@]7(C(=O)O)CC[C@@]6(C)[C@]5(C)CC[C@H]4C3(C)C)O[C@H](C(=O)O)[C@H]2O)[C@H](O[C@@H]2O[C@H](CO)[C@@H](O)[C@H](O)[C@H]2O)[C@H](O)[C@H]1O. The molecule has 18 nitrogen and oxygen atoms in total. The molecule has 0 aromatic rings. The summed E-state index contributed by atoms with van der Waals surface area (Å²) in [5.41, 5.74) is -0.277. The Morgan fingerprint density at radius 1 is 0.667 bits per heavy atom. The van der Waals surface area contributed by atoms with E-state index in [0.717, 1.165) is 44.9 Å². The Hall–Kier alpha value is -1.88. The lowest BCUT2D eigenvalue weighted by Crippen LogP contribution is -2.67. The van der Waals surface area contributed by atoms with Gasteiger partial charge in [0.05, 0.1) is 24.2 Å². The maximum atomic E-state index is 13.1. The third kappa shape index (κ3) is 7.74. The second-order valence-corrected chi connectivity index (χ2v) is 23.5. The molecule has 7 fully saturated rings. The summed E-state index contributed by atoms with van der Waals surface area (Å²) in [6, 6.07) is 0. The lowest BCUT2D eigenvalue weighted by Gasteiger charge is -2.71. The predicted octanol–water partition coefficient (Wildman–Crippen LogP) is 1.83. The highest BCUT2D eigenvalue weighted by molar-refractivity contribution is 5.76. The fraction of sp³-hybridized carbons (Fsp3) is 0.917. The summed E-state index contributed by atoms with van der Waals surface area (Å²) in [5.74, 6) is -1.81. The van der Waals surface area contributed by atoms with E-state index >= 15 is 0 Å². The van der Waals surface area contributed by atoms with Crippen molar-refractivity contribution >= 4 is 11.9 Å². The molecule has 0 spiro atoms. The first-order valence-electron chi connectivity index (χ1n) is 24.2. The second-order valence-electron chi connectivity index (χ2n) is 23.5. The van der Waals surface area contributed by atoms with Crippen LogP contribution in [0.1, 0.15) is 120 Å². The van der Waals surface area contributed by atoms with Gasteiger partial charge in [-0.3, -0.25) is 4.79 Å². The monoisotopic (exact) mass is 941 g/mol. The summed E-state index contributed by atoms with van der Waals surface area (Å²) in [5, 5.41) is 107. The van der Waals surface area contributed by atoms with Crippen LogP contribution in [0.4, 0.5) is 0 Å². The topological polar surface area (TPSA) is 292 Å². The van der Waals surface area contributed by atoms with E-state index in [-0.39, 0.29) is 39.4 Å². The average Bonchev–Trinajstić information content (AvgIpc) is 3.24. The summed E-state index contributed by atoms with van der Waals surface area (Å²) >= 11 is 0. The number of allylic oxidation sites excluding steroid dienone is 2. The van der Waals surface area contributed by atoms with Crippen LogP contribution in [-0.4, -0.2) is 168 Å². The zero-order valence-electron chi connectivity index (χ0n) is 39.6. The van der Waals surface area contributed by atoms with Crippen LogP contribution in [0.3, 0.4) is 0 Å². The summed E-state index contributed by atoms with van der Waals surface area (Å²) in [6.07, 6.45) is -16.2. The molecule has 0 bridgehead atoms. The number of aliphatic hydroxyl groups is 8. The van der Waals surface area contributed by atoms with Crippen molar-refractivity contribution in [1.29, 1.82) is 0 Å². The first-order chi connectivity index (χ1) is 30.7. The number of aliphatic hydroxyl groups excluding tert-OH is 8. The summed E-state index contributed by atoms with van der Waals surface area (Å²) < 4.78 is 35.7. The lowest BCUT2D eigenvalue weighted by atomic mass is 9.33. The fourth-order valence-corrected chi connectivity index (χ4v) is 15.1. The van der Waals surface area contributed by atoms with Crippen molar-refractivity contribution in [1.82, 2.24) is 0 Å². The Bertz CT molecular complexity index is 1860. The quantitative estimate of drug-likeness (QED) is 0.117. The molecule has 376 valence electrons. The molecule has 10 N–H and O–H groups in total. The normalized spacial score (nSPS) is 53.3. The Balaban J connectivity index is 1.02. The highest BCUT2D eigenvalue weighted by Crippen LogP contribution is 2.76. The Kier molecular flexibility index (Phi) is 13.4. The minimum absolute atomic E-state index is 0.00476. The van der Waals surface area contributed by atoms with Gasteiger partial charge in [-0.1, -0.05) is 60.1 Å². The van der Waals surface area contributed by atoms with E-state index in [9.17, 15) is 60.7 Å². The van der Waals surface area contributed by atoms with Crippen molar-refractivity contribution in [3.8, 4) is 0 Å². The zero-order valence-corrected chi connectivity index (χ0v) is 39.6. The highest BCUT2D eigenvalue weighted by Gasteiger charge is 2.70. The third-order valence-corrected chi connectivity index (χ3v) is 19.3. The molecule has 66 heavy (non-hydrogen) atoms. The van der Waals surface area contributed by atoms with Crippen molar-refractivity contribution in [2.45, 2.75) is 218 Å². The number of aliphatic carboxylic acids is 2. The van der Waals surface area contributed by atoms with Gasteiger partial charge in [0, 0.05) is 0 Å². The molecule has 0 unspecified atom stereocenters. The predicted molar refractivity (Wildman–Crippen MR) is 230 cm³/mol. The molecule has 23 atom stereocenters. The minimum Gasteiger partial charge on any atom is -0.481 e. The van der Waals surface area contributed by atoms with Gasteiger partial charge in [-0.15, -0.1) is 0 Å². The van der Waals surface area contributed by atoms with Crippen LogP contribution in [-0.2, 0) is 38.0 Å². The molecule has 18 heteroatoms. The zero-order chi connectivity index (χ0) is 48.4. The lowest BCUT2D eigenvalue weighted by molar-refractivity contribution is -0.388.